The molecule has 0 bridgehead atoms. The summed E-state index contributed by atoms with van der Waals surface area (Å²) in [5, 5.41) is 0.980. The summed E-state index contributed by atoms with van der Waals surface area (Å²) in [6, 6.07) is 7.01. The number of hydrogen-bond acceptors (Lipinski definition) is 2. The van der Waals surface area contributed by atoms with E-state index >= 15 is 0 Å². The molecule has 0 fully saturated rings. The zero-order valence-corrected chi connectivity index (χ0v) is 7.94. The molecule has 0 aliphatic carbocycles. The molecule has 3 heteroatoms. The third kappa shape index (κ3) is 1.40. The molecule has 0 N–H and O–H groups in total. The fourth-order valence-electron chi connectivity index (χ4n) is 1.29. The first-order valence-electron chi connectivity index (χ1n) is 3.90. The van der Waals surface area contributed by atoms with E-state index in [-0.39, 0.29) is 5.82 Å². The number of aromatic nitrogens is 1. The van der Waals surface area contributed by atoms with Crippen molar-refractivity contribution < 1.29 is 4.39 Å². The van der Waals surface area contributed by atoms with Gasteiger partial charge in [0.05, 0.1) is 10.4 Å². The molecule has 13 heavy (non-hydrogen) atoms. The molecule has 2 rings (SSSR count). The van der Waals surface area contributed by atoms with Gasteiger partial charge in [0.2, 0.25) is 0 Å². The zero-order valence-electron chi connectivity index (χ0n) is 7.12. The zero-order chi connectivity index (χ0) is 9.26. The smallest absolute Gasteiger partial charge is 0.138 e. The van der Waals surface area contributed by atoms with Gasteiger partial charge in [0.25, 0.3) is 0 Å². The van der Waals surface area contributed by atoms with Gasteiger partial charge in [-0.15, -0.1) is 11.8 Å². The van der Waals surface area contributed by atoms with Gasteiger partial charge >= 0.3 is 0 Å². The lowest BCUT2D eigenvalue weighted by molar-refractivity contribution is 0.605. The average molecular weight is 193 g/mol. The van der Waals surface area contributed by atoms with Gasteiger partial charge in [-0.2, -0.15) is 0 Å². The van der Waals surface area contributed by atoms with Gasteiger partial charge in [-0.1, -0.05) is 6.07 Å². The average Bonchev–Trinajstić information content (AvgIpc) is 2.18. The number of hydrogen-bond donors (Lipinski definition) is 0. The van der Waals surface area contributed by atoms with E-state index in [0.29, 0.717) is 4.90 Å². The molecule has 0 saturated carbocycles. The summed E-state index contributed by atoms with van der Waals surface area (Å²) in [6.45, 7) is 0. The van der Waals surface area contributed by atoms with Crippen LogP contribution in [0, 0.1) is 5.82 Å². The molecule has 0 aliphatic heterocycles. The number of fused-ring (bicyclic) bond motifs is 1. The minimum atomic E-state index is -0.196. The van der Waals surface area contributed by atoms with E-state index in [0.717, 1.165) is 10.9 Å². The second-order valence-electron chi connectivity index (χ2n) is 2.66. The Morgan fingerprint density at radius 1 is 1.31 bits per heavy atom. The highest BCUT2D eigenvalue weighted by molar-refractivity contribution is 7.98. The Morgan fingerprint density at radius 2 is 2.15 bits per heavy atom. The molecule has 2 aromatic rings. The Hall–Kier alpha value is -1.09. The highest BCUT2D eigenvalue weighted by atomic mass is 32.2. The molecule has 1 nitrogen and oxygen atoms in total. The molecule has 66 valence electrons. The van der Waals surface area contributed by atoms with E-state index in [1.54, 1.807) is 12.3 Å². The number of pyridine rings is 1. The number of nitrogens with zero attached hydrogens (tertiary/aromatic N) is 1. The second-order valence-corrected chi connectivity index (χ2v) is 3.47. The van der Waals surface area contributed by atoms with Crippen LogP contribution in [-0.2, 0) is 0 Å². The first kappa shape index (κ1) is 8.51. The lowest BCUT2D eigenvalue weighted by Gasteiger charge is -2.02. The number of benzene rings is 1. The van der Waals surface area contributed by atoms with Crippen LogP contribution in [0.4, 0.5) is 4.39 Å². The summed E-state index contributed by atoms with van der Waals surface area (Å²) in [7, 11) is 0. The van der Waals surface area contributed by atoms with Crippen LogP contribution in [0.1, 0.15) is 0 Å². The van der Waals surface area contributed by atoms with Crippen molar-refractivity contribution in [3.63, 3.8) is 0 Å². The Balaban J connectivity index is 2.84. The minimum Gasteiger partial charge on any atom is -0.255 e. The van der Waals surface area contributed by atoms with Crippen LogP contribution in [0.5, 0.6) is 0 Å². The van der Waals surface area contributed by atoms with Gasteiger partial charge in [0.1, 0.15) is 5.82 Å². The Bertz CT molecular complexity index is 442. The predicted molar refractivity (Wildman–Crippen MR) is 53.5 cm³/mol. The summed E-state index contributed by atoms with van der Waals surface area (Å²) in [6.07, 6.45) is 3.54. The third-order valence-corrected chi connectivity index (χ3v) is 2.68. The molecular formula is C10H8FNS. The molecule has 0 radical (unpaired) electrons. The fraction of sp³-hybridized carbons (Fsp3) is 0.100. The van der Waals surface area contributed by atoms with Crippen molar-refractivity contribution in [2.75, 3.05) is 6.26 Å². The van der Waals surface area contributed by atoms with E-state index in [9.17, 15) is 4.39 Å². The lowest BCUT2D eigenvalue weighted by atomic mass is 10.2. The molecule has 0 aliphatic rings. The maximum Gasteiger partial charge on any atom is 0.138 e. The highest BCUT2D eigenvalue weighted by Crippen LogP contribution is 2.26. The third-order valence-electron chi connectivity index (χ3n) is 1.88. The highest BCUT2D eigenvalue weighted by Gasteiger charge is 2.06. The summed E-state index contributed by atoms with van der Waals surface area (Å²) in [4.78, 5) is 4.78. The first-order valence-corrected chi connectivity index (χ1v) is 5.12. The topological polar surface area (TPSA) is 12.9 Å². The molecule has 0 unspecified atom stereocenters. The van der Waals surface area contributed by atoms with Crippen LogP contribution >= 0.6 is 11.8 Å². The number of thioether (sulfide) groups is 1. The Kier molecular flexibility index (Phi) is 2.19. The summed E-state index contributed by atoms with van der Waals surface area (Å²) >= 11 is 1.39. The maximum absolute atomic E-state index is 13.3. The molecule has 0 amide bonds. The molecule has 1 heterocycles. The van der Waals surface area contributed by atoms with Crippen LogP contribution in [0.2, 0.25) is 0 Å². The van der Waals surface area contributed by atoms with E-state index in [2.05, 4.69) is 4.98 Å². The van der Waals surface area contributed by atoms with Crippen molar-refractivity contribution in [3.8, 4) is 0 Å². The normalized spacial score (nSPS) is 10.6. The van der Waals surface area contributed by atoms with Crippen LogP contribution in [-0.4, -0.2) is 11.2 Å². The van der Waals surface area contributed by atoms with Crippen LogP contribution in [0.15, 0.2) is 35.4 Å². The van der Waals surface area contributed by atoms with E-state index < -0.39 is 0 Å². The Labute approximate surface area is 80.0 Å². The van der Waals surface area contributed by atoms with Crippen molar-refractivity contribution in [3.05, 3.63) is 36.3 Å². The standard InChI is InChI=1S/C10H8FNS/c1-13-10-8(11)5-4-7-3-2-6-12-9(7)10/h2-6H,1H3. The van der Waals surface area contributed by atoms with Gasteiger partial charge in [-0.05, 0) is 24.5 Å². The van der Waals surface area contributed by atoms with Gasteiger partial charge in [0.15, 0.2) is 0 Å². The summed E-state index contributed by atoms with van der Waals surface area (Å²) in [5.74, 6) is -0.196. The Morgan fingerprint density at radius 3 is 2.92 bits per heavy atom. The van der Waals surface area contributed by atoms with E-state index in [1.807, 2.05) is 18.4 Å². The van der Waals surface area contributed by atoms with Gasteiger partial charge in [0, 0.05) is 11.6 Å². The van der Waals surface area contributed by atoms with Crippen molar-refractivity contribution in [2.24, 2.45) is 0 Å². The predicted octanol–water partition coefficient (Wildman–Crippen LogP) is 3.10. The molecule has 0 atom stereocenters. The summed E-state index contributed by atoms with van der Waals surface area (Å²) < 4.78 is 13.3. The number of halogens is 1. The van der Waals surface area contributed by atoms with Crippen molar-refractivity contribution in [2.45, 2.75) is 4.90 Å². The van der Waals surface area contributed by atoms with Gasteiger partial charge < -0.3 is 0 Å². The van der Waals surface area contributed by atoms with Crippen molar-refractivity contribution in [1.82, 2.24) is 4.98 Å². The quantitative estimate of drug-likeness (QED) is 0.645. The molecule has 0 saturated heterocycles. The van der Waals surface area contributed by atoms with Crippen molar-refractivity contribution >= 4 is 22.7 Å². The lowest BCUT2D eigenvalue weighted by Crippen LogP contribution is -1.85. The SMILES string of the molecule is CSc1c(F)ccc2cccnc12. The van der Waals surface area contributed by atoms with Gasteiger partial charge in [-0.3, -0.25) is 4.98 Å². The minimum absolute atomic E-state index is 0.196. The maximum atomic E-state index is 13.3. The number of rotatable bonds is 1. The first-order chi connectivity index (χ1) is 6.33. The monoisotopic (exact) mass is 193 g/mol. The molecule has 1 aromatic heterocycles. The van der Waals surface area contributed by atoms with Crippen LogP contribution in [0.25, 0.3) is 10.9 Å². The largest absolute Gasteiger partial charge is 0.255 e. The summed E-state index contributed by atoms with van der Waals surface area (Å²) in [5.41, 5.74) is 0.745. The van der Waals surface area contributed by atoms with Gasteiger partial charge in [-0.25, -0.2) is 4.39 Å². The van der Waals surface area contributed by atoms with E-state index in [4.69, 9.17) is 0 Å². The molecular weight excluding hydrogens is 185 g/mol. The second kappa shape index (κ2) is 3.34. The van der Waals surface area contributed by atoms with Crippen molar-refractivity contribution in [1.29, 1.82) is 0 Å². The molecule has 0 spiro atoms. The fourth-order valence-corrected chi connectivity index (χ4v) is 1.91. The van der Waals surface area contributed by atoms with Crippen LogP contribution < -0.4 is 0 Å². The van der Waals surface area contributed by atoms with Crippen LogP contribution in [0.3, 0.4) is 0 Å². The molecule has 1 aromatic carbocycles. The van der Waals surface area contributed by atoms with E-state index in [1.165, 1.54) is 17.8 Å².